The minimum atomic E-state index is -0.338. The first-order valence-corrected chi connectivity index (χ1v) is 6.85. The number of aromatic nitrogens is 2. The summed E-state index contributed by atoms with van der Waals surface area (Å²) in [5.41, 5.74) is 0.504. The number of halogens is 2. The number of methoxy groups -OCH3 is 2. The average Bonchev–Trinajstić information content (AvgIpc) is 2.43. The van der Waals surface area contributed by atoms with Crippen LogP contribution in [0.3, 0.4) is 0 Å². The molecule has 2 rings (SSSR count). The van der Waals surface area contributed by atoms with Crippen LogP contribution < -0.4 is 15.0 Å². The van der Waals surface area contributed by atoms with Crippen LogP contribution in [-0.4, -0.2) is 23.8 Å². The number of nitrogens with zero attached hydrogens (tertiary/aromatic N) is 2. The minimum Gasteiger partial charge on any atom is -0.496 e. The highest BCUT2D eigenvalue weighted by Crippen LogP contribution is 2.24. The van der Waals surface area contributed by atoms with E-state index in [1.54, 1.807) is 7.11 Å². The van der Waals surface area contributed by atoms with Crippen LogP contribution in [0.5, 0.6) is 11.5 Å². The number of benzene rings is 1. The fraction of sp³-hybridized carbons (Fsp3) is 0.231. The largest absolute Gasteiger partial charge is 0.496 e. The van der Waals surface area contributed by atoms with Gasteiger partial charge in [-0.2, -0.15) is 0 Å². The summed E-state index contributed by atoms with van der Waals surface area (Å²) >= 11 is 9.20. The van der Waals surface area contributed by atoms with Gasteiger partial charge in [0.1, 0.15) is 5.75 Å². The van der Waals surface area contributed by atoms with Crippen LogP contribution in [0.25, 0.3) is 0 Å². The van der Waals surface area contributed by atoms with E-state index < -0.39 is 0 Å². The standard InChI is InChI=1S/C13H12BrClN2O3/c1-19-10-4-3-9(14)5-8(10)6-17-7-16-12(15)11(20-2)13(17)18/h3-5,7H,6H2,1-2H3. The Hall–Kier alpha value is -1.53. The summed E-state index contributed by atoms with van der Waals surface area (Å²) in [5.74, 6) is 0.720. The van der Waals surface area contributed by atoms with E-state index in [2.05, 4.69) is 20.9 Å². The molecular weight excluding hydrogens is 348 g/mol. The Morgan fingerprint density at radius 3 is 2.75 bits per heavy atom. The summed E-state index contributed by atoms with van der Waals surface area (Å²) in [7, 11) is 2.96. The molecular formula is C13H12BrClN2O3. The highest BCUT2D eigenvalue weighted by Gasteiger charge is 2.12. The van der Waals surface area contributed by atoms with Crippen LogP contribution >= 0.6 is 27.5 Å². The maximum atomic E-state index is 12.2. The van der Waals surface area contributed by atoms with Crippen LogP contribution in [0.4, 0.5) is 0 Å². The van der Waals surface area contributed by atoms with Crippen molar-refractivity contribution in [3.05, 3.63) is 50.1 Å². The third-order valence-corrected chi connectivity index (χ3v) is 3.50. The van der Waals surface area contributed by atoms with Gasteiger partial charge in [-0.3, -0.25) is 9.36 Å². The molecule has 0 unspecified atom stereocenters. The molecule has 1 heterocycles. The molecule has 0 aliphatic heterocycles. The Kier molecular flexibility index (Phi) is 4.67. The van der Waals surface area contributed by atoms with E-state index in [1.165, 1.54) is 18.0 Å². The summed E-state index contributed by atoms with van der Waals surface area (Å²) in [5, 5.41) is 0.0509. The zero-order valence-corrected chi connectivity index (χ0v) is 13.2. The maximum Gasteiger partial charge on any atom is 0.297 e. The molecule has 0 bridgehead atoms. The van der Waals surface area contributed by atoms with Crippen molar-refractivity contribution in [1.82, 2.24) is 9.55 Å². The van der Waals surface area contributed by atoms with Crippen LogP contribution in [0, 0.1) is 0 Å². The number of ether oxygens (including phenoxy) is 2. The second kappa shape index (κ2) is 6.28. The molecule has 0 atom stereocenters. The van der Waals surface area contributed by atoms with Gasteiger partial charge in [-0.05, 0) is 18.2 Å². The average molecular weight is 360 g/mol. The molecule has 0 saturated carbocycles. The number of hydrogen-bond acceptors (Lipinski definition) is 4. The predicted molar refractivity (Wildman–Crippen MR) is 79.9 cm³/mol. The third kappa shape index (κ3) is 2.96. The van der Waals surface area contributed by atoms with Crippen molar-refractivity contribution in [2.75, 3.05) is 14.2 Å². The Balaban J connectivity index is 2.45. The van der Waals surface area contributed by atoms with Crippen molar-refractivity contribution in [3.63, 3.8) is 0 Å². The van der Waals surface area contributed by atoms with Gasteiger partial charge in [-0.1, -0.05) is 27.5 Å². The van der Waals surface area contributed by atoms with Crippen molar-refractivity contribution in [3.8, 4) is 11.5 Å². The zero-order chi connectivity index (χ0) is 14.7. The van der Waals surface area contributed by atoms with Crippen molar-refractivity contribution < 1.29 is 9.47 Å². The summed E-state index contributed by atoms with van der Waals surface area (Å²) in [6.07, 6.45) is 1.38. The lowest BCUT2D eigenvalue weighted by molar-refractivity contribution is 0.397. The monoisotopic (exact) mass is 358 g/mol. The molecule has 1 aromatic carbocycles. The van der Waals surface area contributed by atoms with Gasteiger partial charge in [0, 0.05) is 10.0 Å². The van der Waals surface area contributed by atoms with E-state index in [1.807, 2.05) is 18.2 Å². The van der Waals surface area contributed by atoms with Crippen LogP contribution in [0.1, 0.15) is 5.56 Å². The first-order valence-electron chi connectivity index (χ1n) is 5.68. The topological polar surface area (TPSA) is 53.4 Å². The maximum absolute atomic E-state index is 12.2. The molecule has 7 heteroatoms. The highest BCUT2D eigenvalue weighted by molar-refractivity contribution is 9.10. The molecule has 0 amide bonds. The zero-order valence-electron chi connectivity index (χ0n) is 10.9. The van der Waals surface area contributed by atoms with E-state index >= 15 is 0 Å². The fourth-order valence-corrected chi connectivity index (χ4v) is 2.40. The van der Waals surface area contributed by atoms with Gasteiger partial charge < -0.3 is 9.47 Å². The van der Waals surface area contributed by atoms with E-state index in [0.29, 0.717) is 12.3 Å². The second-order valence-electron chi connectivity index (χ2n) is 3.96. The van der Waals surface area contributed by atoms with E-state index in [4.69, 9.17) is 21.1 Å². The normalized spacial score (nSPS) is 10.4. The Bertz CT molecular complexity index is 688. The molecule has 5 nitrogen and oxygen atoms in total. The van der Waals surface area contributed by atoms with E-state index in [-0.39, 0.29) is 16.5 Å². The molecule has 0 N–H and O–H groups in total. The second-order valence-corrected chi connectivity index (χ2v) is 5.23. The quantitative estimate of drug-likeness (QED) is 0.788. The lowest BCUT2D eigenvalue weighted by atomic mass is 10.2. The van der Waals surface area contributed by atoms with Crippen molar-refractivity contribution in [2.24, 2.45) is 0 Å². The van der Waals surface area contributed by atoms with Gasteiger partial charge >= 0.3 is 0 Å². The SMILES string of the molecule is COc1ccc(Br)cc1Cn1cnc(Cl)c(OC)c1=O. The lowest BCUT2D eigenvalue weighted by Crippen LogP contribution is -2.22. The van der Waals surface area contributed by atoms with Crippen molar-refractivity contribution in [2.45, 2.75) is 6.54 Å². The molecule has 0 aliphatic carbocycles. The van der Waals surface area contributed by atoms with Gasteiger partial charge in [0.2, 0.25) is 5.75 Å². The molecule has 1 aromatic heterocycles. The van der Waals surface area contributed by atoms with Gasteiger partial charge in [0.15, 0.2) is 5.15 Å². The smallest absolute Gasteiger partial charge is 0.297 e. The molecule has 0 fully saturated rings. The summed E-state index contributed by atoms with van der Waals surface area (Å²) < 4.78 is 12.6. The van der Waals surface area contributed by atoms with Gasteiger partial charge in [-0.25, -0.2) is 4.98 Å². The molecule has 20 heavy (non-hydrogen) atoms. The third-order valence-electron chi connectivity index (χ3n) is 2.74. The molecule has 0 saturated heterocycles. The highest BCUT2D eigenvalue weighted by atomic mass is 79.9. The van der Waals surface area contributed by atoms with E-state index in [0.717, 1.165) is 10.0 Å². The first-order chi connectivity index (χ1) is 9.56. The summed E-state index contributed by atoms with van der Waals surface area (Å²) in [6, 6.07) is 5.57. The lowest BCUT2D eigenvalue weighted by Gasteiger charge is -2.11. The summed E-state index contributed by atoms with van der Waals surface area (Å²) in [6.45, 7) is 0.308. The van der Waals surface area contributed by atoms with Gasteiger partial charge in [0.25, 0.3) is 5.56 Å². The molecule has 2 aromatic rings. The first kappa shape index (κ1) is 14.9. The molecule has 0 aliphatic rings. The fourth-order valence-electron chi connectivity index (χ4n) is 1.79. The molecule has 0 radical (unpaired) electrons. The Morgan fingerprint density at radius 1 is 1.35 bits per heavy atom. The van der Waals surface area contributed by atoms with Crippen LogP contribution in [0.15, 0.2) is 33.8 Å². The van der Waals surface area contributed by atoms with Crippen molar-refractivity contribution in [1.29, 1.82) is 0 Å². The van der Waals surface area contributed by atoms with Gasteiger partial charge in [-0.15, -0.1) is 0 Å². The Morgan fingerprint density at radius 2 is 2.10 bits per heavy atom. The van der Waals surface area contributed by atoms with Crippen LogP contribution in [0.2, 0.25) is 5.15 Å². The predicted octanol–water partition coefficient (Wildman–Crippen LogP) is 2.72. The minimum absolute atomic E-state index is 0.0307. The summed E-state index contributed by atoms with van der Waals surface area (Å²) in [4.78, 5) is 16.1. The van der Waals surface area contributed by atoms with Crippen LogP contribution in [-0.2, 0) is 6.54 Å². The number of hydrogen-bond donors (Lipinski definition) is 0. The van der Waals surface area contributed by atoms with Gasteiger partial charge in [0.05, 0.1) is 27.1 Å². The Labute approximate surface area is 129 Å². The van der Waals surface area contributed by atoms with E-state index in [9.17, 15) is 4.79 Å². The van der Waals surface area contributed by atoms with Crippen molar-refractivity contribution >= 4 is 27.5 Å². The number of rotatable bonds is 4. The molecule has 106 valence electrons. The molecule has 0 spiro atoms.